The van der Waals surface area contributed by atoms with Gasteiger partial charge in [-0.3, -0.25) is 10.1 Å². The summed E-state index contributed by atoms with van der Waals surface area (Å²) in [4.78, 5) is 11.1. The maximum Gasteiger partial charge on any atom is 0.299 e. The number of aromatic nitrogens is 3. The van der Waals surface area contributed by atoms with Crippen LogP contribution in [0.5, 0.6) is 0 Å². The van der Waals surface area contributed by atoms with Gasteiger partial charge in [-0.05, 0) is 132 Å². The lowest BCUT2D eigenvalue weighted by Crippen LogP contribution is -2.52. The smallest absolute Gasteiger partial charge is 0.299 e. The molecule has 2 aliphatic heterocycles. The topological polar surface area (TPSA) is 178 Å². The second-order valence-corrected chi connectivity index (χ2v) is 20.5. The van der Waals surface area contributed by atoms with E-state index < -0.39 is 5.95 Å². The highest BCUT2D eigenvalue weighted by Gasteiger charge is 2.53. The standard InChI is InChI=1S/C47H67N9O4S/c1-8-47(26-33-24-45(4,29-47)28-46(5,25-33)60-23-21-56(6,7)20-11-12-22-57)30-55-32(3)36(27-50-55)35-17-18-39(52-40(35)43(58)59)54-19-13-14-34(42(54)49)31(2)41(48)53-44-51-37-15-9-10-16-38(37)61-44/h9-10,15-18,27,33,57H,8,11-14,19-26,28-30H2,1-7H3,(H5-,48,49,51,52,53,58,59)/p+1/t33?,45-,46?,47?/m1/s1. The highest BCUT2D eigenvalue weighted by molar-refractivity contribution is 7.22. The van der Waals surface area contributed by atoms with Crippen molar-refractivity contribution in [1.29, 1.82) is 5.41 Å². The van der Waals surface area contributed by atoms with E-state index in [4.69, 9.17) is 15.6 Å². The third-order valence-corrected chi connectivity index (χ3v) is 14.8. The van der Waals surface area contributed by atoms with E-state index >= 15 is 0 Å². The van der Waals surface area contributed by atoms with E-state index in [0.29, 0.717) is 47.1 Å². The number of likely N-dealkylation sites (N-methyl/N-ethyl adjacent to an activating group) is 1. The predicted molar refractivity (Wildman–Crippen MR) is 246 cm³/mol. The quantitative estimate of drug-likeness (QED) is 0.0287. The van der Waals surface area contributed by atoms with Gasteiger partial charge in [-0.1, -0.05) is 37.3 Å². The van der Waals surface area contributed by atoms with Crippen molar-refractivity contribution in [3.63, 3.8) is 0 Å². The molecule has 2 saturated carbocycles. The summed E-state index contributed by atoms with van der Waals surface area (Å²) in [5.41, 5.74) is 11.6. The molecule has 13 nitrogen and oxygen atoms in total. The van der Waals surface area contributed by atoms with Crippen LogP contribution in [0.2, 0.25) is 0 Å². The summed E-state index contributed by atoms with van der Waals surface area (Å²) >= 11 is 1.48. The molecule has 0 amide bonds. The molecule has 4 atom stereocenters. The fraction of sp³-hybridized carbons (Fsp3) is 0.574. The van der Waals surface area contributed by atoms with Crippen LogP contribution in [0.1, 0.15) is 103 Å². The first-order chi connectivity index (χ1) is 29.0. The van der Waals surface area contributed by atoms with Crippen molar-refractivity contribution >= 4 is 43.9 Å². The number of dihydropyridines is 1. The predicted octanol–water partition coefficient (Wildman–Crippen LogP) is 8.61. The number of hydrogen-bond donors (Lipinski definition) is 6. The minimum atomic E-state index is -0.820. The van der Waals surface area contributed by atoms with Gasteiger partial charge >= 0.3 is 0 Å². The van der Waals surface area contributed by atoms with Gasteiger partial charge < -0.3 is 40.5 Å². The van der Waals surface area contributed by atoms with Crippen LogP contribution in [-0.4, -0.2) is 104 Å². The first kappa shape index (κ1) is 44.6. The first-order valence-electron chi connectivity index (χ1n) is 22.1. The van der Waals surface area contributed by atoms with Crippen LogP contribution in [0, 0.1) is 29.1 Å². The fourth-order valence-electron chi connectivity index (χ4n) is 11.1. The number of piperidine rings is 1. The Hall–Kier alpha value is -4.50. The summed E-state index contributed by atoms with van der Waals surface area (Å²) in [6, 6.07) is 7.88. The van der Waals surface area contributed by atoms with Crippen LogP contribution in [0.15, 0.2) is 76.2 Å². The number of unbranched alkanes of at least 4 members (excludes halogenated alkanes) is 1. The number of nitrogens with zero attached hydrogens (tertiary/aromatic N) is 6. The Balaban J connectivity index is 1.05. The molecule has 1 aromatic carbocycles. The van der Waals surface area contributed by atoms with E-state index in [9.17, 15) is 20.7 Å². The van der Waals surface area contributed by atoms with Gasteiger partial charge in [-0.25, -0.2) is 9.98 Å². The number of amidine groups is 2. The van der Waals surface area contributed by atoms with E-state index in [0.717, 1.165) is 115 Å². The highest BCUT2D eigenvalue weighted by Crippen LogP contribution is 2.60. The Morgan fingerprint density at radius 1 is 1.11 bits per heavy atom. The molecule has 0 spiro atoms. The summed E-state index contributed by atoms with van der Waals surface area (Å²) < 4.78 is 10.9. The third kappa shape index (κ3) is 9.77. The van der Waals surface area contributed by atoms with Crippen LogP contribution in [-0.2, 0) is 11.3 Å². The summed E-state index contributed by atoms with van der Waals surface area (Å²) in [7, 11) is 4.52. The second kappa shape index (κ2) is 17.7. The van der Waals surface area contributed by atoms with Crippen molar-refractivity contribution < 1.29 is 24.5 Å². The van der Waals surface area contributed by atoms with Crippen molar-refractivity contribution in [2.45, 2.75) is 111 Å². The van der Waals surface area contributed by atoms with Crippen LogP contribution >= 0.6 is 11.3 Å². The molecule has 3 fully saturated rings. The maximum absolute atomic E-state index is 10.7. The molecule has 7 N–H and O–H groups in total. The Morgan fingerprint density at radius 3 is 2.62 bits per heavy atom. The molecule has 1 saturated heterocycles. The van der Waals surface area contributed by atoms with E-state index in [2.05, 4.69) is 61.8 Å². The molecule has 0 radical (unpaired) electrons. The molecule has 4 heterocycles. The summed E-state index contributed by atoms with van der Waals surface area (Å²) in [5.74, 6) is 0.946. The van der Waals surface area contributed by atoms with Gasteiger partial charge in [0.1, 0.15) is 29.7 Å². The zero-order valence-electron chi connectivity index (χ0n) is 37.4. The Morgan fingerprint density at radius 2 is 1.90 bits per heavy atom. The molecule has 2 aromatic heterocycles. The SMILES string of the molecule is CCC1(Cn2ncc(C3=CC=C(N4CCC/C(=C(C)/C(N)=N\c5nc6ccccc6s5)C4=N)NC3=C(O)O)c2C)CC2CC(C)(OCC[N+](C)(C)CCCCO)C[C@@](C)(C2)C1. The zero-order valence-corrected chi connectivity index (χ0v) is 38.2. The number of fused-ring (bicyclic) bond motifs is 3. The maximum atomic E-state index is 10.7. The van der Waals surface area contributed by atoms with Crippen molar-refractivity contribution in [3.8, 4) is 0 Å². The van der Waals surface area contributed by atoms with Gasteiger partial charge in [-0.2, -0.15) is 5.10 Å². The molecule has 2 bridgehead atoms. The number of aliphatic imine (C=N–C) groups is 1. The molecule has 7 rings (SSSR count). The van der Waals surface area contributed by atoms with Crippen LogP contribution in [0.3, 0.4) is 0 Å². The molecule has 4 aliphatic rings. The van der Waals surface area contributed by atoms with Gasteiger partial charge in [0, 0.05) is 42.1 Å². The second-order valence-electron chi connectivity index (χ2n) is 19.5. The minimum Gasteiger partial charge on any atom is -0.480 e. The lowest BCUT2D eigenvalue weighted by molar-refractivity contribution is -0.891. The molecule has 14 heteroatoms. The number of aliphatic hydroxyl groups is 3. The van der Waals surface area contributed by atoms with Gasteiger partial charge in [0.25, 0.3) is 5.95 Å². The van der Waals surface area contributed by atoms with Crippen molar-refractivity contribution in [2.24, 2.45) is 27.5 Å². The number of nitrogens with two attached hydrogens (primary N) is 1. The van der Waals surface area contributed by atoms with Crippen LogP contribution in [0.25, 0.3) is 15.8 Å². The number of nitrogens with one attached hydrogen (secondary N) is 2. The lowest BCUT2D eigenvalue weighted by atomic mass is 9.51. The van der Waals surface area contributed by atoms with Gasteiger partial charge in [-0.15, -0.1) is 0 Å². The van der Waals surface area contributed by atoms with Crippen LogP contribution in [0.4, 0.5) is 5.13 Å². The number of quaternary nitrogens is 1. The molecular formula is C47H68N9O4S+. The zero-order chi connectivity index (χ0) is 43.7. The fourth-order valence-corrected chi connectivity index (χ4v) is 12.0. The molecular weight excluding hydrogens is 787 g/mol. The number of ether oxygens (including phenoxy) is 1. The number of hydrogen-bond acceptors (Lipinski definition) is 10. The number of allylic oxidation sites excluding steroid dienone is 3. The summed E-state index contributed by atoms with van der Waals surface area (Å²) in [6.45, 7) is 15.5. The average Bonchev–Trinajstić information content (AvgIpc) is 3.78. The average molecular weight is 855 g/mol. The lowest BCUT2D eigenvalue weighted by Gasteiger charge is -2.57. The number of benzene rings is 1. The number of thiazole rings is 1. The Labute approximate surface area is 365 Å². The van der Waals surface area contributed by atoms with Crippen molar-refractivity contribution in [2.75, 3.05) is 46.9 Å². The Kier molecular flexibility index (Phi) is 12.9. The summed E-state index contributed by atoms with van der Waals surface area (Å²) in [5, 5.41) is 48.6. The van der Waals surface area contributed by atoms with Gasteiger partial charge in [0.15, 0.2) is 0 Å². The molecule has 3 unspecified atom stereocenters. The third-order valence-electron chi connectivity index (χ3n) is 13.9. The molecule has 2 aliphatic carbocycles. The molecule has 3 aromatic rings. The van der Waals surface area contributed by atoms with Crippen molar-refractivity contribution in [3.05, 3.63) is 82.5 Å². The monoisotopic (exact) mass is 855 g/mol. The highest BCUT2D eigenvalue weighted by atomic mass is 32.1. The van der Waals surface area contributed by atoms with Crippen molar-refractivity contribution in [1.82, 2.24) is 25.0 Å². The normalized spacial score (nSPS) is 26.9. The number of likely N-dealkylation sites (tertiary alicyclic amines) is 1. The van der Waals surface area contributed by atoms with Gasteiger partial charge in [0.2, 0.25) is 5.13 Å². The van der Waals surface area contributed by atoms with E-state index in [1.807, 2.05) is 54.4 Å². The van der Waals surface area contributed by atoms with Crippen LogP contribution < -0.4 is 11.1 Å². The van der Waals surface area contributed by atoms with Gasteiger partial charge in [0.05, 0.1) is 49.3 Å². The van der Waals surface area contributed by atoms with E-state index in [1.165, 1.54) is 17.8 Å². The number of rotatable bonds is 15. The number of aliphatic hydroxyl groups excluding tert-OH is 2. The van der Waals surface area contributed by atoms with E-state index in [1.54, 1.807) is 0 Å². The minimum absolute atomic E-state index is 0.0865. The Bertz CT molecular complexity index is 2250. The molecule has 330 valence electrons. The molecule has 61 heavy (non-hydrogen) atoms. The summed E-state index contributed by atoms with van der Waals surface area (Å²) in [6.07, 6.45) is 15.6. The van der Waals surface area contributed by atoms with E-state index in [-0.39, 0.29) is 28.7 Å². The largest absolute Gasteiger partial charge is 0.480 e. The number of para-hydroxylation sites is 1. The first-order valence-corrected chi connectivity index (χ1v) is 22.9.